The molecular formula is C21H22N4O3S. The van der Waals surface area contributed by atoms with Crippen LogP contribution in [0.3, 0.4) is 0 Å². The van der Waals surface area contributed by atoms with E-state index in [1.807, 2.05) is 19.1 Å². The van der Waals surface area contributed by atoms with Crippen LogP contribution in [0.2, 0.25) is 0 Å². The molecular weight excluding hydrogens is 388 g/mol. The van der Waals surface area contributed by atoms with Crippen LogP contribution in [0.15, 0.2) is 47.3 Å². The van der Waals surface area contributed by atoms with Crippen molar-refractivity contribution in [2.75, 3.05) is 14.1 Å². The summed E-state index contributed by atoms with van der Waals surface area (Å²) in [4.78, 5) is 41.6. The summed E-state index contributed by atoms with van der Waals surface area (Å²) in [5.74, 6) is -0.335. The van der Waals surface area contributed by atoms with Crippen molar-refractivity contribution in [3.63, 3.8) is 0 Å². The first kappa shape index (κ1) is 20.5. The van der Waals surface area contributed by atoms with Gasteiger partial charge in [0.25, 0.3) is 17.4 Å². The smallest absolute Gasteiger partial charge is 0.262 e. The normalized spacial score (nSPS) is 10.7. The second-order valence-corrected chi connectivity index (χ2v) is 7.06. The molecule has 0 atom stereocenters. The number of carbonyl (C=O) groups excluding carboxylic acids is 2. The van der Waals surface area contributed by atoms with Crippen LogP contribution >= 0.6 is 12.2 Å². The minimum absolute atomic E-state index is 0.156. The van der Waals surface area contributed by atoms with Gasteiger partial charge in [-0.1, -0.05) is 12.1 Å². The topological polar surface area (TPSA) is 87.2 Å². The van der Waals surface area contributed by atoms with Gasteiger partial charge in [-0.2, -0.15) is 0 Å². The van der Waals surface area contributed by atoms with Crippen molar-refractivity contribution in [2.24, 2.45) is 0 Å². The number of hydrogen-bond donors (Lipinski definition) is 2. The summed E-state index contributed by atoms with van der Waals surface area (Å²) < 4.78 is 1.81. The van der Waals surface area contributed by atoms with Crippen molar-refractivity contribution in [1.82, 2.24) is 19.8 Å². The third-order valence-electron chi connectivity index (χ3n) is 4.75. The quantitative estimate of drug-likeness (QED) is 0.633. The average Bonchev–Trinajstić information content (AvgIpc) is 2.73. The van der Waals surface area contributed by atoms with Crippen LogP contribution in [0.1, 0.15) is 33.2 Å². The molecule has 0 radical (unpaired) electrons. The molecule has 29 heavy (non-hydrogen) atoms. The molecule has 0 aliphatic heterocycles. The van der Waals surface area contributed by atoms with Gasteiger partial charge in [-0.3, -0.25) is 19.0 Å². The zero-order chi connectivity index (χ0) is 21.1. The lowest BCUT2D eigenvalue weighted by Gasteiger charge is -2.18. The Labute approximate surface area is 173 Å². The van der Waals surface area contributed by atoms with E-state index >= 15 is 0 Å². The molecule has 2 aromatic carbocycles. The van der Waals surface area contributed by atoms with Gasteiger partial charge in [0.2, 0.25) is 0 Å². The summed E-state index contributed by atoms with van der Waals surface area (Å²) in [6.45, 7) is 2.72. The fourth-order valence-corrected chi connectivity index (χ4v) is 3.47. The molecule has 1 aromatic heterocycles. The first-order chi connectivity index (χ1) is 13.8. The summed E-state index contributed by atoms with van der Waals surface area (Å²) in [6, 6.07) is 12.0. The minimum Gasteiger partial charge on any atom is -0.355 e. The Kier molecular flexibility index (Phi) is 5.93. The lowest BCUT2D eigenvalue weighted by Crippen LogP contribution is -2.26. The maximum absolute atomic E-state index is 12.8. The Morgan fingerprint density at radius 3 is 2.41 bits per heavy atom. The van der Waals surface area contributed by atoms with Gasteiger partial charge in [-0.25, -0.2) is 0 Å². The number of nitrogens with one attached hydrogen (secondary N) is 2. The molecule has 1 heterocycles. The summed E-state index contributed by atoms with van der Waals surface area (Å²) >= 11 is 5.23. The third kappa shape index (κ3) is 4.12. The summed E-state index contributed by atoms with van der Waals surface area (Å²) in [5, 5.41) is 3.06. The standard InChI is InChI=1S/C21H22N4O3S/c1-4-25-20(28)16-10-9-15(11-17(16)23-21(25)29)19(27)24(3)12-13-5-7-14(8-6-13)18(26)22-2/h5-11H,4,12H2,1-3H3,(H,22,26)(H,23,29). The Bertz CT molecular complexity index is 1200. The van der Waals surface area contributed by atoms with Gasteiger partial charge in [-0.05, 0) is 55.0 Å². The predicted octanol–water partition coefficient (Wildman–Crippen LogP) is 2.71. The van der Waals surface area contributed by atoms with Gasteiger partial charge in [0.15, 0.2) is 4.77 Å². The van der Waals surface area contributed by atoms with E-state index in [0.29, 0.717) is 39.9 Å². The molecule has 0 unspecified atom stereocenters. The highest BCUT2D eigenvalue weighted by molar-refractivity contribution is 7.71. The molecule has 0 saturated heterocycles. The van der Waals surface area contributed by atoms with Crippen molar-refractivity contribution >= 4 is 34.9 Å². The van der Waals surface area contributed by atoms with Gasteiger partial charge >= 0.3 is 0 Å². The molecule has 0 fully saturated rings. The highest BCUT2D eigenvalue weighted by Gasteiger charge is 2.14. The zero-order valence-corrected chi connectivity index (χ0v) is 17.3. The van der Waals surface area contributed by atoms with E-state index in [2.05, 4.69) is 10.3 Å². The van der Waals surface area contributed by atoms with E-state index < -0.39 is 0 Å². The van der Waals surface area contributed by atoms with Crippen LogP contribution in [0.5, 0.6) is 0 Å². The zero-order valence-electron chi connectivity index (χ0n) is 16.5. The van der Waals surface area contributed by atoms with Gasteiger partial charge in [-0.15, -0.1) is 0 Å². The first-order valence-corrected chi connectivity index (χ1v) is 9.60. The number of H-pyrrole nitrogens is 1. The SMILES string of the molecule is CCn1c(=S)[nH]c2cc(C(=O)N(C)Cc3ccc(C(=O)NC)cc3)ccc2c1=O. The second-order valence-electron chi connectivity index (χ2n) is 6.68. The van der Waals surface area contributed by atoms with Crippen LogP contribution in [-0.2, 0) is 13.1 Å². The Balaban J connectivity index is 1.84. The van der Waals surface area contributed by atoms with E-state index in [9.17, 15) is 14.4 Å². The summed E-state index contributed by atoms with van der Waals surface area (Å²) in [6.07, 6.45) is 0. The second kappa shape index (κ2) is 8.40. The molecule has 0 bridgehead atoms. The van der Waals surface area contributed by atoms with Crippen LogP contribution < -0.4 is 10.9 Å². The molecule has 0 saturated carbocycles. The largest absolute Gasteiger partial charge is 0.355 e. The molecule has 3 rings (SSSR count). The number of rotatable bonds is 5. The van der Waals surface area contributed by atoms with Crippen molar-refractivity contribution in [3.05, 3.63) is 74.3 Å². The summed E-state index contributed by atoms with van der Waals surface area (Å²) in [5.41, 5.74) is 2.29. The van der Waals surface area contributed by atoms with E-state index in [4.69, 9.17) is 12.2 Å². The number of nitrogens with zero attached hydrogens (tertiary/aromatic N) is 2. The van der Waals surface area contributed by atoms with Crippen LogP contribution in [-0.4, -0.2) is 40.4 Å². The van der Waals surface area contributed by atoms with Crippen molar-refractivity contribution in [3.8, 4) is 0 Å². The van der Waals surface area contributed by atoms with Crippen molar-refractivity contribution < 1.29 is 9.59 Å². The molecule has 8 heteroatoms. The average molecular weight is 410 g/mol. The van der Waals surface area contributed by atoms with Gasteiger partial charge < -0.3 is 15.2 Å². The Morgan fingerprint density at radius 1 is 1.14 bits per heavy atom. The lowest BCUT2D eigenvalue weighted by atomic mass is 10.1. The predicted molar refractivity (Wildman–Crippen MR) is 115 cm³/mol. The Hall–Kier alpha value is -3.26. The molecule has 2 amide bonds. The summed E-state index contributed by atoms with van der Waals surface area (Å²) in [7, 11) is 3.28. The Morgan fingerprint density at radius 2 is 1.79 bits per heavy atom. The number of carbonyl (C=O) groups is 2. The maximum atomic E-state index is 12.8. The van der Waals surface area contributed by atoms with E-state index in [1.165, 1.54) is 4.57 Å². The molecule has 2 N–H and O–H groups in total. The fourth-order valence-electron chi connectivity index (χ4n) is 3.15. The molecule has 0 aliphatic carbocycles. The highest BCUT2D eigenvalue weighted by Crippen LogP contribution is 2.14. The highest BCUT2D eigenvalue weighted by atomic mass is 32.1. The minimum atomic E-state index is -0.179. The molecule has 7 nitrogen and oxygen atoms in total. The fraction of sp³-hybridized carbons (Fsp3) is 0.238. The number of fused-ring (bicyclic) bond motifs is 1. The van der Waals surface area contributed by atoms with Crippen molar-refractivity contribution in [1.29, 1.82) is 0 Å². The first-order valence-electron chi connectivity index (χ1n) is 9.19. The maximum Gasteiger partial charge on any atom is 0.262 e. The number of aromatic nitrogens is 2. The van der Waals surface area contributed by atoms with Gasteiger partial charge in [0.05, 0.1) is 10.9 Å². The monoisotopic (exact) mass is 410 g/mol. The van der Waals surface area contributed by atoms with Gasteiger partial charge in [0.1, 0.15) is 0 Å². The van der Waals surface area contributed by atoms with E-state index in [0.717, 1.165) is 5.56 Å². The molecule has 150 valence electrons. The van der Waals surface area contributed by atoms with Crippen LogP contribution in [0.4, 0.5) is 0 Å². The number of hydrogen-bond acceptors (Lipinski definition) is 4. The number of amides is 2. The van der Waals surface area contributed by atoms with Crippen LogP contribution in [0.25, 0.3) is 10.9 Å². The molecule has 0 spiro atoms. The number of benzene rings is 2. The van der Waals surface area contributed by atoms with Gasteiger partial charge in [0, 0.05) is 38.3 Å². The number of aromatic amines is 1. The van der Waals surface area contributed by atoms with Crippen molar-refractivity contribution in [2.45, 2.75) is 20.0 Å². The molecule has 0 aliphatic rings. The van der Waals surface area contributed by atoms with Crippen LogP contribution in [0, 0.1) is 4.77 Å². The molecule has 3 aromatic rings. The van der Waals surface area contributed by atoms with E-state index in [-0.39, 0.29) is 17.4 Å². The third-order valence-corrected chi connectivity index (χ3v) is 5.08. The van der Waals surface area contributed by atoms with E-state index in [1.54, 1.807) is 49.3 Å². The lowest BCUT2D eigenvalue weighted by molar-refractivity contribution is 0.0784.